The number of hydrogen-bond acceptors (Lipinski definition) is 5. The maximum absolute atomic E-state index is 12.2. The van der Waals surface area contributed by atoms with Crippen molar-refractivity contribution < 1.29 is 14.3 Å². The molecule has 1 saturated carbocycles. The number of benzene rings is 2. The van der Waals surface area contributed by atoms with E-state index in [0.29, 0.717) is 31.0 Å². The van der Waals surface area contributed by atoms with Gasteiger partial charge in [0.1, 0.15) is 19.0 Å². The summed E-state index contributed by atoms with van der Waals surface area (Å²) in [6, 6.07) is 13.4. The number of ether oxygens (including phenoxy) is 2. The van der Waals surface area contributed by atoms with Crippen LogP contribution < -0.4 is 9.47 Å². The Morgan fingerprint density at radius 3 is 2.79 bits per heavy atom. The summed E-state index contributed by atoms with van der Waals surface area (Å²) < 4.78 is 13.5. The van der Waals surface area contributed by atoms with Gasteiger partial charge in [-0.05, 0) is 48.6 Å². The van der Waals surface area contributed by atoms with E-state index < -0.39 is 0 Å². The second kappa shape index (κ2) is 8.03. The molecule has 2 atom stereocenters. The zero-order chi connectivity index (χ0) is 23.1. The van der Waals surface area contributed by atoms with E-state index in [0.717, 1.165) is 34.9 Å². The first kappa shape index (κ1) is 20.5. The van der Waals surface area contributed by atoms with E-state index in [1.807, 2.05) is 47.2 Å². The first-order valence-corrected chi connectivity index (χ1v) is 11.3. The molecule has 3 heterocycles. The van der Waals surface area contributed by atoms with Gasteiger partial charge in [-0.3, -0.25) is 9.36 Å². The third kappa shape index (κ3) is 3.41. The smallest absolute Gasteiger partial charge is 0.187 e. The summed E-state index contributed by atoms with van der Waals surface area (Å²) >= 11 is 0. The third-order valence-corrected chi connectivity index (χ3v) is 6.48. The Bertz CT molecular complexity index is 1390. The van der Waals surface area contributed by atoms with Crippen LogP contribution in [-0.2, 0) is 5.54 Å². The molecule has 2 unspecified atom stereocenters. The van der Waals surface area contributed by atoms with Crippen molar-refractivity contribution in [3.8, 4) is 23.3 Å². The van der Waals surface area contributed by atoms with Crippen LogP contribution in [0.15, 0.2) is 72.5 Å². The van der Waals surface area contributed by atoms with Crippen LogP contribution in [0.2, 0.25) is 0 Å². The Morgan fingerprint density at radius 2 is 1.97 bits per heavy atom. The lowest BCUT2D eigenvalue weighted by Crippen LogP contribution is -2.24. The molecule has 0 N–H and O–H groups in total. The van der Waals surface area contributed by atoms with Gasteiger partial charge in [-0.2, -0.15) is 0 Å². The number of nitrogens with zero attached hydrogens (tertiary/aromatic N) is 3. The van der Waals surface area contributed by atoms with Gasteiger partial charge >= 0.3 is 0 Å². The van der Waals surface area contributed by atoms with Crippen molar-refractivity contribution in [2.24, 2.45) is 4.99 Å². The highest BCUT2D eigenvalue weighted by Crippen LogP contribution is 2.63. The zero-order valence-corrected chi connectivity index (χ0v) is 18.5. The molecule has 3 aromatic rings. The molecular weight excluding hydrogens is 426 g/mol. The Morgan fingerprint density at radius 1 is 1.15 bits per heavy atom. The molecule has 167 valence electrons. The number of carbonyl (C=O) groups is 1. The number of allylic oxidation sites excluding steroid dienone is 1. The van der Waals surface area contributed by atoms with E-state index in [1.165, 1.54) is 0 Å². The predicted molar refractivity (Wildman–Crippen MR) is 128 cm³/mol. The van der Waals surface area contributed by atoms with E-state index in [4.69, 9.17) is 14.5 Å². The highest BCUT2D eigenvalue weighted by Gasteiger charge is 2.61. The zero-order valence-electron chi connectivity index (χ0n) is 18.5. The van der Waals surface area contributed by atoms with Gasteiger partial charge in [-0.25, -0.2) is 9.98 Å². The van der Waals surface area contributed by atoms with E-state index in [2.05, 4.69) is 29.5 Å². The van der Waals surface area contributed by atoms with Gasteiger partial charge in [0.2, 0.25) is 0 Å². The molecule has 0 bridgehead atoms. The molecule has 0 saturated heterocycles. The first-order valence-electron chi connectivity index (χ1n) is 11.3. The number of fused-ring (bicyclic) bond motifs is 4. The van der Waals surface area contributed by atoms with E-state index >= 15 is 0 Å². The van der Waals surface area contributed by atoms with E-state index in [-0.39, 0.29) is 17.2 Å². The van der Waals surface area contributed by atoms with Gasteiger partial charge in [0.25, 0.3) is 0 Å². The predicted octanol–water partition coefficient (Wildman–Crippen LogP) is 4.31. The Balaban J connectivity index is 1.31. The Hall–Kier alpha value is -4.11. The average molecular weight is 449 g/mol. The van der Waals surface area contributed by atoms with Crippen molar-refractivity contribution in [2.75, 3.05) is 13.2 Å². The first-order chi connectivity index (χ1) is 16.7. The van der Waals surface area contributed by atoms with Crippen LogP contribution in [0.3, 0.4) is 0 Å². The second-order valence-electron chi connectivity index (χ2n) is 8.56. The number of hydrogen-bond donors (Lipinski definition) is 0. The minimum Gasteiger partial charge on any atom is -0.486 e. The molecule has 6 heteroatoms. The van der Waals surface area contributed by atoms with Gasteiger partial charge in [-0.15, -0.1) is 6.58 Å². The number of aliphatic imine (C=N–C) groups is 1. The minimum atomic E-state index is -0.376. The number of imidazole rings is 1. The number of carbonyl (C=O) groups excluding carboxylic acids is 1. The quantitative estimate of drug-likeness (QED) is 0.431. The van der Waals surface area contributed by atoms with Gasteiger partial charge < -0.3 is 9.47 Å². The molecule has 1 aliphatic carbocycles. The average Bonchev–Trinajstić information content (AvgIpc) is 3.42. The fourth-order valence-electron chi connectivity index (χ4n) is 4.64. The highest BCUT2D eigenvalue weighted by molar-refractivity contribution is 6.02. The summed E-state index contributed by atoms with van der Waals surface area (Å²) in [5.41, 5.74) is 2.20. The molecule has 1 radical (unpaired) electrons. The number of ketones is 1. The monoisotopic (exact) mass is 448 g/mol. The maximum atomic E-state index is 12.2. The van der Waals surface area contributed by atoms with Crippen LogP contribution in [0.4, 0.5) is 0 Å². The van der Waals surface area contributed by atoms with Crippen LogP contribution in [0.25, 0.3) is 0 Å². The molecule has 2 aliphatic heterocycles. The largest absolute Gasteiger partial charge is 0.486 e. The summed E-state index contributed by atoms with van der Waals surface area (Å²) in [5.74, 6) is 9.90. The lowest BCUT2D eigenvalue weighted by molar-refractivity contribution is 0.0993. The van der Waals surface area contributed by atoms with Crippen molar-refractivity contribution in [2.45, 2.75) is 24.3 Å². The van der Waals surface area contributed by atoms with Crippen LogP contribution in [-0.4, -0.2) is 34.4 Å². The molecule has 0 amide bonds. The van der Waals surface area contributed by atoms with Gasteiger partial charge in [0.15, 0.2) is 23.1 Å². The molecular formula is C28H22N3O3. The fraction of sp³-hybridized carbons (Fsp3) is 0.214. The summed E-state index contributed by atoms with van der Waals surface area (Å²) in [7, 11) is 0. The van der Waals surface area contributed by atoms with Crippen LogP contribution in [0.1, 0.15) is 46.1 Å². The molecule has 1 aromatic heterocycles. The lowest BCUT2D eigenvalue weighted by atomic mass is 10.0. The van der Waals surface area contributed by atoms with Gasteiger partial charge in [-0.1, -0.05) is 30.2 Å². The molecule has 2 aromatic carbocycles. The molecule has 6 rings (SSSR count). The number of rotatable bonds is 5. The van der Waals surface area contributed by atoms with Gasteiger partial charge in [0, 0.05) is 35.9 Å². The normalized spacial score (nSPS) is 21.3. The van der Waals surface area contributed by atoms with Crippen LogP contribution in [0, 0.1) is 18.3 Å². The van der Waals surface area contributed by atoms with Crippen LogP contribution >= 0.6 is 0 Å². The molecule has 1 fully saturated rings. The Labute approximate surface area is 198 Å². The lowest BCUT2D eigenvalue weighted by Gasteiger charge is -2.23. The SMILES string of the molecule is C=C[CH]CC(=O)c1ccc(C#CC2=NC3(c4ccc5c(c4)OCCO5)CC3c3nccn32)cc1. The number of Topliss-reactive ketones (excluding diaryl/α,β-unsaturated/α-hetero) is 1. The van der Waals surface area contributed by atoms with E-state index in [9.17, 15) is 4.79 Å². The molecule has 0 spiro atoms. The van der Waals surface area contributed by atoms with Crippen molar-refractivity contribution in [3.05, 3.63) is 96.4 Å². The summed E-state index contributed by atoms with van der Waals surface area (Å²) in [6.45, 7) is 4.73. The third-order valence-electron chi connectivity index (χ3n) is 6.48. The molecule has 3 aliphatic rings. The van der Waals surface area contributed by atoms with Gasteiger partial charge in [0.05, 0.1) is 5.54 Å². The maximum Gasteiger partial charge on any atom is 0.187 e. The minimum absolute atomic E-state index is 0.0558. The van der Waals surface area contributed by atoms with Crippen molar-refractivity contribution in [1.82, 2.24) is 9.55 Å². The highest BCUT2D eigenvalue weighted by atomic mass is 16.6. The van der Waals surface area contributed by atoms with Crippen molar-refractivity contribution >= 4 is 11.6 Å². The van der Waals surface area contributed by atoms with Crippen LogP contribution in [0.5, 0.6) is 11.5 Å². The summed E-state index contributed by atoms with van der Waals surface area (Å²) in [4.78, 5) is 21.9. The molecule has 34 heavy (non-hydrogen) atoms. The molecule has 6 nitrogen and oxygen atoms in total. The summed E-state index contributed by atoms with van der Waals surface area (Å²) in [5, 5.41) is 0. The van der Waals surface area contributed by atoms with E-state index in [1.54, 1.807) is 18.7 Å². The summed E-state index contributed by atoms with van der Waals surface area (Å²) in [6.07, 6.45) is 8.32. The van der Waals surface area contributed by atoms with Crippen molar-refractivity contribution in [3.63, 3.8) is 0 Å². The topological polar surface area (TPSA) is 65.7 Å². The fourth-order valence-corrected chi connectivity index (χ4v) is 4.64. The number of aromatic nitrogens is 2. The van der Waals surface area contributed by atoms with Crippen molar-refractivity contribution in [1.29, 1.82) is 0 Å². The Kier molecular flexibility index (Phi) is 4.84. The standard InChI is InChI=1S/C28H22N3O3/c1-2-3-4-23(32)20-8-5-19(6-9-20)7-12-26-30-28(18-22(28)27-29-13-14-31(26)27)21-10-11-24-25(17-21)34-16-15-33-24/h2-3,5-6,8-11,13-14,17,22H,1,4,15-16,18H2. The second-order valence-corrected chi connectivity index (χ2v) is 8.56.